The molecule has 0 saturated carbocycles. The molecule has 4 aromatic carbocycles. The van der Waals surface area contributed by atoms with Gasteiger partial charge in [0, 0.05) is 16.6 Å². The Bertz CT molecular complexity index is 1640. The molecule has 0 atom stereocenters. The summed E-state index contributed by atoms with van der Waals surface area (Å²) in [7, 11) is 0. The Morgan fingerprint density at radius 3 is 1.82 bits per heavy atom. The Balaban J connectivity index is 1.58. The number of para-hydroxylation sites is 1. The van der Waals surface area contributed by atoms with Crippen molar-refractivity contribution in [2.75, 3.05) is 5.06 Å². The predicted molar refractivity (Wildman–Crippen MR) is 180 cm³/mol. The lowest BCUT2D eigenvalue weighted by molar-refractivity contribution is -0.218. The van der Waals surface area contributed by atoms with Crippen molar-refractivity contribution in [3.05, 3.63) is 131 Å². The quantitative estimate of drug-likeness (QED) is 0.180. The molecule has 1 amide bonds. The van der Waals surface area contributed by atoms with E-state index in [1.165, 1.54) is 5.06 Å². The number of rotatable bonds is 8. The molecule has 1 heterocycles. The van der Waals surface area contributed by atoms with Crippen molar-refractivity contribution in [2.24, 2.45) is 4.99 Å². The van der Waals surface area contributed by atoms with E-state index in [2.05, 4.69) is 5.32 Å². The van der Waals surface area contributed by atoms with E-state index in [1.807, 2.05) is 144 Å². The monoisotopic (exact) mass is 604 g/mol. The zero-order valence-electron chi connectivity index (χ0n) is 27.2. The van der Waals surface area contributed by atoms with Crippen LogP contribution >= 0.6 is 0 Å². The highest BCUT2D eigenvalue weighted by Gasteiger charge is 2.52. The number of hydrogen-bond donors (Lipinski definition) is 3. The van der Waals surface area contributed by atoms with Crippen molar-refractivity contribution >= 4 is 23.0 Å². The Morgan fingerprint density at radius 2 is 1.31 bits per heavy atom. The summed E-state index contributed by atoms with van der Waals surface area (Å²) in [5, 5.41) is 28.7. The molecule has 5 rings (SSSR count). The SMILES string of the molecule is CC(C)(Cc1ccc2c(c1)N(O)C(c1ccccc1)(c1ccccc1)C2=Nc1ccccc1)NC(=O)C(C)(C)N(O)C(C)(C)C. The van der Waals surface area contributed by atoms with E-state index in [0.29, 0.717) is 12.1 Å². The summed E-state index contributed by atoms with van der Waals surface area (Å²) in [6.45, 7) is 12.9. The molecule has 1 aliphatic heterocycles. The zero-order valence-corrected chi connectivity index (χ0v) is 27.2. The molecular formula is C38H44N4O3. The highest BCUT2D eigenvalue weighted by atomic mass is 16.5. The van der Waals surface area contributed by atoms with Crippen LogP contribution in [0.4, 0.5) is 11.4 Å². The minimum atomic E-state index is -1.15. The van der Waals surface area contributed by atoms with Gasteiger partial charge in [-0.1, -0.05) is 91.0 Å². The van der Waals surface area contributed by atoms with Crippen LogP contribution in [0.25, 0.3) is 0 Å². The molecule has 0 radical (unpaired) electrons. The minimum absolute atomic E-state index is 0.278. The van der Waals surface area contributed by atoms with Crippen LogP contribution < -0.4 is 10.4 Å². The summed E-state index contributed by atoms with van der Waals surface area (Å²) in [6.07, 6.45) is 0.492. The summed E-state index contributed by atoms with van der Waals surface area (Å²) >= 11 is 0. The maximum Gasteiger partial charge on any atom is 0.242 e. The number of benzene rings is 4. The van der Waals surface area contributed by atoms with Crippen molar-refractivity contribution in [1.82, 2.24) is 10.4 Å². The molecule has 4 aromatic rings. The van der Waals surface area contributed by atoms with Crippen molar-refractivity contribution in [3.63, 3.8) is 0 Å². The van der Waals surface area contributed by atoms with Gasteiger partial charge in [-0.15, -0.1) is 0 Å². The van der Waals surface area contributed by atoms with Gasteiger partial charge in [-0.05, 0) is 89.8 Å². The fourth-order valence-electron chi connectivity index (χ4n) is 6.30. The van der Waals surface area contributed by atoms with E-state index in [1.54, 1.807) is 13.8 Å². The number of fused-ring (bicyclic) bond motifs is 1. The van der Waals surface area contributed by atoms with Gasteiger partial charge in [0.05, 0.1) is 17.1 Å². The molecular weight excluding hydrogens is 560 g/mol. The number of anilines is 1. The van der Waals surface area contributed by atoms with E-state index in [9.17, 15) is 15.2 Å². The topological polar surface area (TPSA) is 88.4 Å². The Morgan fingerprint density at radius 1 is 0.800 bits per heavy atom. The molecule has 0 aliphatic carbocycles. The van der Waals surface area contributed by atoms with Gasteiger partial charge < -0.3 is 10.5 Å². The summed E-state index contributed by atoms with van der Waals surface area (Å²) in [5.41, 5.74) is 2.13. The average molecular weight is 605 g/mol. The minimum Gasteiger partial charge on any atom is -0.349 e. The van der Waals surface area contributed by atoms with E-state index in [0.717, 1.165) is 38.7 Å². The second kappa shape index (κ2) is 11.9. The molecule has 0 fully saturated rings. The van der Waals surface area contributed by atoms with Gasteiger partial charge in [0.1, 0.15) is 5.54 Å². The first-order valence-electron chi connectivity index (χ1n) is 15.4. The van der Waals surface area contributed by atoms with Crippen LogP contribution in [0, 0.1) is 0 Å². The molecule has 3 N–H and O–H groups in total. The van der Waals surface area contributed by atoms with E-state index in [-0.39, 0.29) is 5.91 Å². The third kappa shape index (κ3) is 6.03. The lowest BCUT2D eigenvalue weighted by atomic mass is 9.78. The number of carbonyl (C=O) groups is 1. The first-order valence-corrected chi connectivity index (χ1v) is 15.4. The van der Waals surface area contributed by atoms with Gasteiger partial charge >= 0.3 is 0 Å². The fourth-order valence-corrected chi connectivity index (χ4v) is 6.30. The Kier molecular flexibility index (Phi) is 8.49. The molecule has 0 bridgehead atoms. The van der Waals surface area contributed by atoms with Crippen LogP contribution in [0.2, 0.25) is 0 Å². The largest absolute Gasteiger partial charge is 0.349 e. The molecule has 7 nitrogen and oxygen atoms in total. The van der Waals surface area contributed by atoms with Gasteiger partial charge in [0.2, 0.25) is 5.91 Å². The van der Waals surface area contributed by atoms with Crippen molar-refractivity contribution in [2.45, 2.75) is 77.0 Å². The standard InChI is InChI=1S/C38H44N4O3/c1-35(2,3)42(45)37(6,7)34(43)40-36(4,5)26-27-23-24-31-32(25-27)41(44)38(28-17-11-8-12-18-28,29-19-13-9-14-20-29)33(31)39-30-21-15-10-16-22-30/h8-25,44-45H,26H2,1-7H3,(H,40,43). The molecule has 0 spiro atoms. The second-order valence-corrected chi connectivity index (χ2v) is 14.0. The zero-order chi connectivity index (χ0) is 32.6. The molecule has 0 unspecified atom stereocenters. The number of amides is 1. The van der Waals surface area contributed by atoms with E-state index in [4.69, 9.17) is 4.99 Å². The number of hydroxylamine groups is 3. The average Bonchev–Trinajstić information content (AvgIpc) is 3.24. The van der Waals surface area contributed by atoms with Crippen molar-refractivity contribution in [1.29, 1.82) is 0 Å². The van der Waals surface area contributed by atoms with Crippen LogP contribution in [0.3, 0.4) is 0 Å². The van der Waals surface area contributed by atoms with E-state index < -0.39 is 22.2 Å². The summed E-state index contributed by atoms with van der Waals surface area (Å²) in [5.74, 6) is -0.278. The maximum absolute atomic E-state index is 13.4. The second-order valence-electron chi connectivity index (χ2n) is 14.0. The lowest BCUT2D eigenvalue weighted by Crippen LogP contribution is -2.62. The first-order chi connectivity index (χ1) is 21.2. The number of hydrogen-bond acceptors (Lipinski definition) is 6. The predicted octanol–water partition coefficient (Wildman–Crippen LogP) is 7.67. The molecule has 234 valence electrons. The number of nitrogens with one attached hydrogen (secondary N) is 1. The summed E-state index contributed by atoms with van der Waals surface area (Å²) in [6, 6.07) is 35.7. The summed E-state index contributed by atoms with van der Waals surface area (Å²) < 4.78 is 0. The maximum atomic E-state index is 13.4. The first kappa shape index (κ1) is 32.1. The highest BCUT2D eigenvalue weighted by molar-refractivity contribution is 6.19. The van der Waals surface area contributed by atoms with Gasteiger partial charge in [-0.2, -0.15) is 5.06 Å². The fraction of sp³-hybridized carbons (Fsp3) is 0.316. The molecule has 45 heavy (non-hydrogen) atoms. The van der Waals surface area contributed by atoms with Crippen molar-refractivity contribution < 1.29 is 15.2 Å². The van der Waals surface area contributed by atoms with Crippen LogP contribution in [-0.2, 0) is 16.8 Å². The highest BCUT2D eigenvalue weighted by Crippen LogP contribution is 2.49. The third-order valence-electron chi connectivity index (χ3n) is 8.40. The number of carbonyl (C=O) groups excluding carboxylic acids is 1. The van der Waals surface area contributed by atoms with Crippen molar-refractivity contribution in [3.8, 4) is 0 Å². The van der Waals surface area contributed by atoms with Gasteiger partial charge in [-0.25, -0.2) is 10.1 Å². The van der Waals surface area contributed by atoms with Gasteiger partial charge in [0.15, 0.2) is 5.54 Å². The smallest absolute Gasteiger partial charge is 0.242 e. The number of nitrogens with zero attached hydrogens (tertiary/aromatic N) is 3. The Hall–Kier alpha value is -4.30. The van der Waals surface area contributed by atoms with Crippen LogP contribution in [-0.4, -0.2) is 43.7 Å². The molecule has 0 saturated heterocycles. The Labute approximate surface area is 266 Å². The van der Waals surface area contributed by atoms with Crippen LogP contribution in [0.5, 0.6) is 0 Å². The van der Waals surface area contributed by atoms with Gasteiger partial charge in [0.25, 0.3) is 0 Å². The normalized spacial score (nSPS) is 15.8. The lowest BCUT2D eigenvalue weighted by Gasteiger charge is -2.42. The van der Waals surface area contributed by atoms with Crippen LogP contribution in [0.1, 0.15) is 70.7 Å². The van der Waals surface area contributed by atoms with Gasteiger partial charge in [-0.3, -0.25) is 10.0 Å². The molecule has 1 aliphatic rings. The number of aliphatic imine (C=N–C) groups is 1. The van der Waals surface area contributed by atoms with Crippen LogP contribution in [0.15, 0.2) is 114 Å². The molecule has 0 aromatic heterocycles. The van der Waals surface area contributed by atoms with E-state index >= 15 is 0 Å². The summed E-state index contributed by atoms with van der Waals surface area (Å²) in [4.78, 5) is 18.6. The third-order valence-corrected chi connectivity index (χ3v) is 8.40. The molecule has 7 heteroatoms.